The van der Waals surface area contributed by atoms with Gasteiger partial charge in [-0.2, -0.15) is 0 Å². The lowest BCUT2D eigenvalue weighted by molar-refractivity contribution is -0.136. The number of carbonyl (C=O) groups excluding carboxylic acids is 1. The monoisotopic (exact) mass is 348 g/mol. The van der Waals surface area contributed by atoms with Gasteiger partial charge < -0.3 is 20.1 Å². The summed E-state index contributed by atoms with van der Waals surface area (Å²) in [5.41, 5.74) is 1.69. The number of rotatable bonds is 5. The zero-order valence-electron chi connectivity index (χ0n) is 15.2. The molecule has 1 saturated heterocycles. The number of piperidine rings is 1. The predicted octanol–water partition coefficient (Wildman–Crippen LogP) is 3.20. The van der Waals surface area contributed by atoms with Gasteiger partial charge in [-0.15, -0.1) is 0 Å². The van der Waals surface area contributed by atoms with Crippen LogP contribution in [0.1, 0.15) is 45.6 Å². The molecule has 0 unspecified atom stereocenters. The number of hydrogen-bond donors (Lipinski definition) is 2. The molecule has 0 spiro atoms. The normalized spacial score (nSPS) is 15.7. The summed E-state index contributed by atoms with van der Waals surface area (Å²) < 4.78 is 5.30. The zero-order valence-corrected chi connectivity index (χ0v) is 15.2. The number of carboxylic acids is 1. The predicted molar refractivity (Wildman–Crippen MR) is 97.0 cm³/mol. The lowest BCUT2D eigenvalue weighted by atomic mass is 10.0. The van der Waals surface area contributed by atoms with E-state index in [0.29, 0.717) is 6.42 Å². The van der Waals surface area contributed by atoms with Gasteiger partial charge in [-0.05, 0) is 57.7 Å². The Hall–Kier alpha value is -2.24. The van der Waals surface area contributed by atoms with Crippen molar-refractivity contribution in [2.24, 2.45) is 0 Å². The summed E-state index contributed by atoms with van der Waals surface area (Å²) in [6.45, 7) is 7.31. The van der Waals surface area contributed by atoms with Gasteiger partial charge in [-0.3, -0.25) is 4.79 Å². The number of benzene rings is 1. The van der Waals surface area contributed by atoms with E-state index in [2.05, 4.69) is 10.2 Å². The van der Waals surface area contributed by atoms with Crippen molar-refractivity contribution >= 4 is 17.7 Å². The van der Waals surface area contributed by atoms with Crippen molar-refractivity contribution in [2.75, 3.05) is 18.0 Å². The summed E-state index contributed by atoms with van der Waals surface area (Å²) >= 11 is 0. The number of alkyl carbamates (subject to hydrolysis) is 1. The molecule has 0 saturated carbocycles. The number of carbonyl (C=O) groups is 2. The number of nitrogens with zero attached hydrogens (tertiary/aromatic N) is 1. The zero-order chi connectivity index (χ0) is 18.4. The van der Waals surface area contributed by atoms with Gasteiger partial charge in [0.1, 0.15) is 5.60 Å². The van der Waals surface area contributed by atoms with Crippen molar-refractivity contribution in [1.29, 1.82) is 0 Å². The first kappa shape index (κ1) is 19.1. The summed E-state index contributed by atoms with van der Waals surface area (Å²) in [4.78, 5) is 24.7. The van der Waals surface area contributed by atoms with Crippen molar-refractivity contribution in [3.8, 4) is 0 Å². The molecule has 1 aliphatic heterocycles. The van der Waals surface area contributed by atoms with E-state index < -0.39 is 11.6 Å². The van der Waals surface area contributed by atoms with Crippen LogP contribution in [-0.4, -0.2) is 41.9 Å². The summed E-state index contributed by atoms with van der Waals surface area (Å²) in [5.74, 6) is -0.774. The maximum Gasteiger partial charge on any atom is 0.407 e. The second-order valence-electron chi connectivity index (χ2n) is 7.47. The molecule has 6 heteroatoms. The third-order valence-corrected chi connectivity index (χ3v) is 4.14. The molecule has 6 nitrogen and oxygen atoms in total. The second-order valence-corrected chi connectivity index (χ2v) is 7.47. The Morgan fingerprint density at radius 3 is 2.32 bits per heavy atom. The first-order valence-electron chi connectivity index (χ1n) is 8.78. The number of carboxylic acid groups (broad SMARTS) is 1. The third-order valence-electron chi connectivity index (χ3n) is 4.14. The molecule has 1 aliphatic rings. The van der Waals surface area contributed by atoms with Crippen LogP contribution in [0.3, 0.4) is 0 Å². The van der Waals surface area contributed by atoms with Crippen LogP contribution in [0.2, 0.25) is 0 Å². The molecule has 1 fully saturated rings. The number of aryl methyl sites for hydroxylation is 1. The molecule has 0 radical (unpaired) electrons. The Balaban J connectivity index is 1.79. The average Bonchev–Trinajstić information content (AvgIpc) is 2.52. The van der Waals surface area contributed by atoms with Crippen molar-refractivity contribution in [3.63, 3.8) is 0 Å². The Labute approximate surface area is 149 Å². The fourth-order valence-corrected chi connectivity index (χ4v) is 2.88. The number of amides is 1. The summed E-state index contributed by atoms with van der Waals surface area (Å²) in [5, 5.41) is 11.7. The Bertz CT molecular complexity index is 584. The molecule has 1 aromatic carbocycles. The van der Waals surface area contributed by atoms with E-state index in [1.807, 2.05) is 45.0 Å². The van der Waals surface area contributed by atoms with Crippen LogP contribution >= 0.6 is 0 Å². The fourth-order valence-electron chi connectivity index (χ4n) is 2.88. The molecule has 0 aromatic heterocycles. The highest BCUT2D eigenvalue weighted by Crippen LogP contribution is 2.21. The quantitative estimate of drug-likeness (QED) is 0.854. The lowest BCUT2D eigenvalue weighted by Gasteiger charge is -2.34. The van der Waals surface area contributed by atoms with Crippen molar-refractivity contribution in [1.82, 2.24) is 5.32 Å². The van der Waals surface area contributed by atoms with Crippen LogP contribution < -0.4 is 10.2 Å². The number of hydrogen-bond acceptors (Lipinski definition) is 4. The summed E-state index contributed by atoms with van der Waals surface area (Å²) in [7, 11) is 0. The van der Waals surface area contributed by atoms with Crippen LogP contribution in [0.25, 0.3) is 0 Å². The topological polar surface area (TPSA) is 78.9 Å². The molecule has 1 aromatic rings. The number of anilines is 1. The van der Waals surface area contributed by atoms with Gasteiger partial charge >= 0.3 is 12.1 Å². The van der Waals surface area contributed by atoms with Gasteiger partial charge in [-0.1, -0.05) is 12.1 Å². The molecule has 138 valence electrons. The highest BCUT2D eigenvalue weighted by Gasteiger charge is 2.23. The minimum atomic E-state index is -0.774. The maximum absolute atomic E-state index is 11.8. The van der Waals surface area contributed by atoms with Crippen LogP contribution in [0.4, 0.5) is 10.5 Å². The van der Waals surface area contributed by atoms with E-state index in [9.17, 15) is 9.59 Å². The van der Waals surface area contributed by atoms with Gasteiger partial charge in [0.05, 0.1) is 0 Å². The van der Waals surface area contributed by atoms with E-state index in [1.165, 1.54) is 0 Å². The maximum atomic E-state index is 11.8. The van der Waals surface area contributed by atoms with Gasteiger partial charge in [-0.25, -0.2) is 4.79 Å². The van der Waals surface area contributed by atoms with Crippen LogP contribution in [0.5, 0.6) is 0 Å². The smallest absolute Gasteiger partial charge is 0.407 e. The molecule has 0 aliphatic carbocycles. The lowest BCUT2D eigenvalue weighted by Crippen LogP contribution is -2.46. The standard InChI is InChI=1S/C19H28N2O4/c1-19(2,3)25-18(24)20-15-10-12-21(13-11-15)16-7-4-14(5-8-16)6-9-17(22)23/h4-5,7-8,15H,6,9-13H2,1-3H3,(H,20,24)(H,22,23). The Kier molecular flexibility index (Phi) is 6.28. The first-order chi connectivity index (χ1) is 11.7. The molecule has 25 heavy (non-hydrogen) atoms. The molecular formula is C19H28N2O4. The molecule has 1 amide bonds. The number of ether oxygens (including phenoxy) is 1. The summed E-state index contributed by atoms with van der Waals surface area (Å²) in [6.07, 6.45) is 2.10. The van der Waals surface area contributed by atoms with Crippen molar-refractivity contribution < 1.29 is 19.4 Å². The van der Waals surface area contributed by atoms with Crippen molar-refractivity contribution in [3.05, 3.63) is 29.8 Å². The van der Waals surface area contributed by atoms with E-state index in [1.54, 1.807) is 0 Å². The molecule has 2 N–H and O–H groups in total. The minimum Gasteiger partial charge on any atom is -0.481 e. The van der Waals surface area contributed by atoms with Gasteiger partial charge in [0.15, 0.2) is 0 Å². The third kappa shape index (κ3) is 6.64. The SMILES string of the molecule is CC(C)(C)OC(=O)NC1CCN(c2ccc(CCC(=O)O)cc2)CC1. The second kappa shape index (κ2) is 8.23. The Morgan fingerprint density at radius 1 is 1.20 bits per heavy atom. The van der Waals surface area contributed by atoms with Gasteiger partial charge in [0.2, 0.25) is 0 Å². The van der Waals surface area contributed by atoms with Gasteiger partial charge in [0.25, 0.3) is 0 Å². The summed E-state index contributed by atoms with van der Waals surface area (Å²) in [6, 6.07) is 8.20. The molecule has 1 heterocycles. The van der Waals surface area contributed by atoms with E-state index in [-0.39, 0.29) is 18.6 Å². The van der Waals surface area contributed by atoms with Crippen LogP contribution in [-0.2, 0) is 16.0 Å². The highest BCUT2D eigenvalue weighted by molar-refractivity contribution is 5.68. The first-order valence-corrected chi connectivity index (χ1v) is 8.78. The van der Waals surface area contributed by atoms with Crippen LogP contribution in [0, 0.1) is 0 Å². The van der Waals surface area contributed by atoms with Crippen molar-refractivity contribution in [2.45, 2.75) is 58.1 Å². The van der Waals surface area contributed by atoms with Gasteiger partial charge in [0, 0.05) is 31.2 Å². The molecule has 0 bridgehead atoms. The minimum absolute atomic E-state index is 0.140. The van der Waals surface area contributed by atoms with E-state index >= 15 is 0 Å². The molecule has 2 rings (SSSR count). The number of aliphatic carboxylic acids is 1. The average molecular weight is 348 g/mol. The molecular weight excluding hydrogens is 320 g/mol. The van der Waals surface area contributed by atoms with Crippen LogP contribution in [0.15, 0.2) is 24.3 Å². The number of nitrogens with one attached hydrogen (secondary N) is 1. The largest absolute Gasteiger partial charge is 0.481 e. The highest BCUT2D eigenvalue weighted by atomic mass is 16.6. The van der Waals surface area contributed by atoms with E-state index in [0.717, 1.165) is 37.2 Å². The molecule has 0 atom stereocenters. The van der Waals surface area contributed by atoms with E-state index in [4.69, 9.17) is 9.84 Å². The Morgan fingerprint density at radius 2 is 1.80 bits per heavy atom. The fraction of sp³-hybridized carbons (Fsp3) is 0.579.